The molecule has 21 heavy (non-hydrogen) atoms. The largest absolute Gasteiger partial charge is 0.496 e. The summed E-state index contributed by atoms with van der Waals surface area (Å²) < 4.78 is 5.47. The Labute approximate surface area is 125 Å². The molecule has 112 valence electrons. The van der Waals surface area contributed by atoms with Crippen molar-refractivity contribution in [3.05, 3.63) is 42.0 Å². The molecule has 1 fully saturated rings. The van der Waals surface area contributed by atoms with Gasteiger partial charge in [-0.15, -0.1) is 0 Å². The van der Waals surface area contributed by atoms with Gasteiger partial charge in [0.15, 0.2) is 0 Å². The standard InChI is InChI=1S/C17H22N2O2/c1-21-16-7-6-13-4-2-3-5-14(13)17(16)15(20)12-19-10-8-18-9-11-19/h2-7,15,18,20H,8-12H2,1H3. The van der Waals surface area contributed by atoms with Crippen molar-refractivity contribution in [3.63, 3.8) is 0 Å². The lowest BCUT2D eigenvalue weighted by Gasteiger charge is -2.30. The number of nitrogens with zero attached hydrogens (tertiary/aromatic N) is 1. The van der Waals surface area contributed by atoms with E-state index in [0.29, 0.717) is 6.54 Å². The number of β-amino-alcohol motifs (C(OH)–C–C–N with tert-alkyl or cyclic N) is 1. The second-order valence-corrected chi connectivity index (χ2v) is 5.47. The second kappa shape index (κ2) is 6.43. The summed E-state index contributed by atoms with van der Waals surface area (Å²) in [4.78, 5) is 2.29. The first-order chi connectivity index (χ1) is 10.3. The van der Waals surface area contributed by atoms with E-state index in [-0.39, 0.29) is 0 Å². The first-order valence-electron chi connectivity index (χ1n) is 7.46. The summed E-state index contributed by atoms with van der Waals surface area (Å²) in [6, 6.07) is 12.1. The van der Waals surface area contributed by atoms with E-state index in [1.54, 1.807) is 7.11 Å². The van der Waals surface area contributed by atoms with Gasteiger partial charge >= 0.3 is 0 Å². The lowest BCUT2D eigenvalue weighted by Crippen LogP contribution is -2.45. The highest BCUT2D eigenvalue weighted by atomic mass is 16.5. The van der Waals surface area contributed by atoms with E-state index in [2.05, 4.69) is 16.3 Å². The van der Waals surface area contributed by atoms with Crippen LogP contribution in [0.2, 0.25) is 0 Å². The van der Waals surface area contributed by atoms with E-state index in [9.17, 15) is 5.11 Å². The van der Waals surface area contributed by atoms with Crippen molar-refractivity contribution < 1.29 is 9.84 Å². The van der Waals surface area contributed by atoms with Gasteiger partial charge in [0.1, 0.15) is 5.75 Å². The molecule has 1 atom stereocenters. The molecule has 0 aliphatic carbocycles. The number of methoxy groups -OCH3 is 1. The number of fused-ring (bicyclic) bond motifs is 1. The molecule has 1 aliphatic rings. The van der Waals surface area contributed by atoms with Gasteiger partial charge in [-0.25, -0.2) is 0 Å². The Morgan fingerprint density at radius 2 is 1.95 bits per heavy atom. The van der Waals surface area contributed by atoms with E-state index < -0.39 is 6.10 Å². The maximum atomic E-state index is 10.7. The summed E-state index contributed by atoms with van der Waals surface area (Å²) in [5.74, 6) is 0.760. The Morgan fingerprint density at radius 3 is 2.71 bits per heavy atom. The van der Waals surface area contributed by atoms with Crippen LogP contribution in [0.15, 0.2) is 36.4 Å². The molecule has 2 N–H and O–H groups in total. The molecule has 3 rings (SSSR count). The normalized spacial score (nSPS) is 17.8. The molecular weight excluding hydrogens is 264 g/mol. The summed E-state index contributed by atoms with van der Waals surface area (Å²) >= 11 is 0. The van der Waals surface area contributed by atoms with Crippen LogP contribution < -0.4 is 10.1 Å². The molecule has 2 aromatic carbocycles. The number of nitrogens with one attached hydrogen (secondary N) is 1. The Balaban J connectivity index is 1.93. The van der Waals surface area contributed by atoms with E-state index in [0.717, 1.165) is 48.3 Å². The Hall–Kier alpha value is -1.62. The molecule has 4 heteroatoms. The number of hydrogen-bond acceptors (Lipinski definition) is 4. The molecule has 0 bridgehead atoms. The van der Waals surface area contributed by atoms with Crippen LogP contribution >= 0.6 is 0 Å². The summed E-state index contributed by atoms with van der Waals surface area (Å²) in [5, 5.41) is 16.3. The molecule has 0 saturated carbocycles. The van der Waals surface area contributed by atoms with E-state index >= 15 is 0 Å². The van der Waals surface area contributed by atoms with Crippen molar-refractivity contribution in [1.29, 1.82) is 0 Å². The van der Waals surface area contributed by atoms with Crippen molar-refractivity contribution in [3.8, 4) is 5.75 Å². The maximum absolute atomic E-state index is 10.7. The number of aliphatic hydroxyl groups excluding tert-OH is 1. The Kier molecular flexibility index (Phi) is 4.39. The van der Waals surface area contributed by atoms with Crippen molar-refractivity contribution in [1.82, 2.24) is 10.2 Å². The average Bonchev–Trinajstić information content (AvgIpc) is 2.54. The van der Waals surface area contributed by atoms with Crippen LogP contribution in [0.4, 0.5) is 0 Å². The van der Waals surface area contributed by atoms with Gasteiger partial charge in [-0.3, -0.25) is 4.90 Å². The fourth-order valence-electron chi connectivity index (χ4n) is 3.03. The quantitative estimate of drug-likeness (QED) is 0.899. The lowest BCUT2D eigenvalue weighted by molar-refractivity contribution is 0.104. The second-order valence-electron chi connectivity index (χ2n) is 5.47. The zero-order valence-corrected chi connectivity index (χ0v) is 12.4. The van der Waals surface area contributed by atoms with Crippen molar-refractivity contribution in [2.45, 2.75) is 6.10 Å². The topological polar surface area (TPSA) is 44.7 Å². The zero-order valence-electron chi connectivity index (χ0n) is 12.4. The highest BCUT2D eigenvalue weighted by Crippen LogP contribution is 2.33. The third-order valence-electron chi connectivity index (χ3n) is 4.12. The third kappa shape index (κ3) is 3.02. The molecule has 2 aromatic rings. The minimum Gasteiger partial charge on any atom is -0.496 e. The fraction of sp³-hybridized carbons (Fsp3) is 0.412. The van der Waals surface area contributed by atoms with Crippen molar-refractivity contribution >= 4 is 10.8 Å². The highest BCUT2D eigenvalue weighted by molar-refractivity contribution is 5.88. The summed E-state index contributed by atoms with van der Waals surface area (Å²) in [7, 11) is 1.66. The molecule has 0 aromatic heterocycles. The predicted molar refractivity (Wildman–Crippen MR) is 84.8 cm³/mol. The van der Waals surface area contributed by atoms with Crippen LogP contribution in [-0.2, 0) is 0 Å². The summed E-state index contributed by atoms with van der Waals surface area (Å²) in [6.45, 7) is 4.57. The van der Waals surface area contributed by atoms with E-state index in [4.69, 9.17) is 4.74 Å². The van der Waals surface area contributed by atoms with Crippen LogP contribution in [0.3, 0.4) is 0 Å². The number of rotatable bonds is 4. The maximum Gasteiger partial charge on any atom is 0.125 e. The molecule has 0 amide bonds. The summed E-state index contributed by atoms with van der Waals surface area (Å²) in [5.41, 5.74) is 0.897. The molecule has 1 unspecified atom stereocenters. The minimum atomic E-state index is -0.538. The first kappa shape index (κ1) is 14.3. The smallest absolute Gasteiger partial charge is 0.125 e. The monoisotopic (exact) mass is 286 g/mol. The number of benzene rings is 2. The lowest BCUT2D eigenvalue weighted by atomic mass is 9.98. The fourth-order valence-corrected chi connectivity index (χ4v) is 3.03. The number of ether oxygens (including phenoxy) is 1. The van der Waals surface area contributed by atoms with Gasteiger partial charge in [-0.1, -0.05) is 30.3 Å². The SMILES string of the molecule is COc1ccc2ccccc2c1C(O)CN1CCNCC1. The summed E-state index contributed by atoms with van der Waals surface area (Å²) in [6.07, 6.45) is -0.538. The number of aliphatic hydroxyl groups is 1. The van der Waals surface area contributed by atoms with Crippen LogP contribution in [0.25, 0.3) is 10.8 Å². The van der Waals surface area contributed by atoms with Crippen LogP contribution in [-0.4, -0.2) is 49.8 Å². The zero-order chi connectivity index (χ0) is 14.7. The van der Waals surface area contributed by atoms with Gasteiger partial charge in [-0.2, -0.15) is 0 Å². The molecule has 0 radical (unpaired) electrons. The van der Waals surface area contributed by atoms with Gasteiger partial charge in [0.05, 0.1) is 13.2 Å². The number of piperazine rings is 1. The molecule has 0 spiro atoms. The first-order valence-corrected chi connectivity index (χ1v) is 7.46. The average molecular weight is 286 g/mol. The van der Waals surface area contributed by atoms with Gasteiger partial charge in [-0.05, 0) is 16.8 Å². The van der Waals surface area contributed by atoms with Crippen LogP contribution in [0.5, 0.6) is 5.75 Å². The Morgan fingerprint density at radius 1 is 1.19 bits per heavy atom. The minimum absolute atomic E-state index is 0.538. The van der Waals surface area contributed by atoms with Gasteiger partial charge in [0.2, 0.25) is 0 Å². The highest BCUT2D eigenvalue weighted by Gasteiger charge is 2.20. The van der Waals surface area contributed by atoms with E-state index in [1.807, 2.05) is 30.3 Å². The predicted octanol–water partition coefficient (Wildman–Crippen LogP) is 1.79. The molecule has 1 saturated heterocycles. The van der Waals surface area contributed by atoms with Crippen LogP contribution in [0, 0.1) is 0 Å². The van der Waals surface area contributed by atoms with Gasteiger partial charge in [0, 0.05) is 38.3 Å². The van der Waals surface area contributed by atoms with Gasteiger partial charge in [0.25, 0.3) is 0 Å². The van der Waals surface area contributed by atoms with Crippen molar-refractivity contribution in [2.24, 2.45) is 0 Å². The molecule has 4 nitrogen and oxygen atoms in total. The van der Waals surface area contributed by atoms with Crippen molar-refractivity contribution in [2.75, 3.05) is 39.8 Å². The van der Waals surface area contributed by atoms with Gasteiger partial charge < -0.3 is 15.2 Å². The van der Waals surface area contributed by atoms with E-state index in [1.165, 1.54) is 0 Å². The molecule has 1 heterocycles. The molecule has 1 aliphatic heterocycles. The molecular formula is C17H22N2O2. The Bertz CT molecular complexity index is 609. The van der Waals surface area contributed by atoms with Crippen LogP contribution in [0.1, 0.15) is 11.7 Å². The third-order valence-corrected chi connectivity index (χ3v) is 4.12. The number of hydrogen-bond donors (Lipinski definition) is 2.